The molecule has 86 valence electrons. The molecule has 0 aromatic rings. The second kappa shape index (κ2) is 8.03. The number of likely N-dealkylation sites (N-methyl/N-ethyl adjacent to an activating group) is 1. The third-order valence-electron chi connectivity index (χ3n) is 1.95. The van der Waals surface area contributed by atoms with Crippen molar-refractivity contribution in [3.05, 3.63) is 12.7 Å². The smallest absolute Gasteiger partial charge is 0.305 e. The third-order valence-corrected chi connectivity index (χ3v) is 1.95. The van der Waals surface area contributed by atoms with E-state index >= 15 is 0 Å². The van der Waals surface area contributed by atoms with Crippen LogP contribution in [-0.2, 0) is 14.3 Å². The predicted molar refractivity (Wildman–Crippen MR) is 58.3 cm³/mol. The summed E-state index contributed by atoms with van der Waals surface area (Å²) in [5.41, 5.74) is 0. The summed E-state index contributed by atoms with van der Waals surface area (Å²) in [5.74, 6) is -0.344. The Balaban J connectivity index is 3.77. The van der Waals surface area contributed by atoms with Gasteiger partial charge in [-0.25, -0.2) is 0 Å². The summed E-state index contributed by atoms with van der Waals surface area (Å²) in [6, 6.07) is 0. The molecule has 0 rings (SSSR count). The summed E-state index contributed by atoms with van der Waals surface area (Å²) < 4.78 is 4.94. The number of carbonyl (C=O) groups is 2. The molecule has 4 heteroatoms. The molecule has 0 aromatic heterocycles. The highest BCUT2D eigenvalue weighted by atomic mass is 16.5. The molecule has 0 fully saturated rings. The Labute approximate surface area is 90.9 Å². The van der Waals surface area contributed by atoms with Crippen LogP contribution in [0, 0.1) is 0 Å². The van der Waals surface area contributed by atoms with Crippen LogP contribution >= 0.6 is 0 Å². The van der Waals surface area contributed by atoms with Gasteiger partial charge in [0.25, 0.3) is 0 Å². The molecule has 0 atom stereocenters. The number of esters is 1. The number of amides is 1. The van der Waals surface area contributed by atoms with Crippen LogP contribution in [0.1, 0.15) is 26.7 Å². The topological polar surface area (TPSA) is 46.6 Å². The van der Waals surface area contributed by atoms with Gasteiger partial charge in [0.15, 0.2) is 0 Å². The van der Waals surface area contributed by atoms with E-state index in [0.29, 0.717) is 19.5 Å². The highest BCUT2D eigenvalue weighted by molar-refractivity contribution is 5.86. The van der Waals surface area contributed by atoms with Gasteiger partial charge in [0.1, 0.15) is 6.61 Å². The largest absolute Gasteiger partial charge is 0.464 e. The zero-order chi connectivity index (χ0) is 11.7. The van der Waals surface area contributed by atoms with Crippen LogP contribution in [0.4, 0.5) is 0 Å². The Morgan fingerprint density at radius 1 is 1.40 bits per heavy atom. The van der Waals surface area contributed by atoms with Gasteiger partial charge in [-0.2, -0.15) is 0 Å². The average molecular weight is 213 g/mol. The zero-order valence-corrected chi connectivity index (χ0v) is 9.49. The number of nitrogens with zero attached hydrogens (tertiary/aromatic N) is 1. The first-order valence-electron chi connectivity index (χ1n) is 5.22. The molecular weight excluding hydrogens is 194 g/mol. The number of hydrogen-bond donors (Lipinski definition) is 0. The monoisotopic (exact) mass is 213 g/mol. The lowest BCUT2D eigenvalue weighted by molar-refractivity contribution is -0.145. The van der Waals surface area contributed by atoms with E-state index in [2.05, 4.69) is 6.58 Å². The van der Waals surface area contributed by atoms with E-state index in [1.54, 1.807) is 4.90 Å². The van der Waals surface area contributed by atoms with Crippen molar-refractivity contribution in [3.8, 4) is 0 Å². The molecule has 0 radical (unpaired) electrons. The maximum atomic E-state index is 11.2. The fourth-order valence-electron chi connectivity index (χ4n) is 1.10. The average Bonchev–Trinajstić information content (AvgIpc) is 2.24. The highest BCUT2D eigenvalue weighted by Gasteiger charge is 2.08. The van der Waals surface area contributed by atoms with Crippen LogP contribution in [0.15, 0.2) is 12.7 Å². The van der Waals surface area contributed by atoms with Crippen molar-refractivity contribution in [2.75, 3.05) is 19.7 Å². The van der Waals surface area contributed by atoms with Crippen LogP contribution in [0.2, 0.25) is 0 Å². The normalized spacial score (nSPS) is 9.47. The van der Waals surface area contributed by atoms with Gasteiger partial charge >= 0.3 is 5.97 Å². The molecule has 0 N–H and O–H groups in total. The van der Waals surface area contributed by atoms with Crippen LogP contribution in [0.5, 0.6) is 0 Å². The lowest BCUT2D eigenvalue weighted by Crippen LogP contribution is -2.32. The van der Waals surface area contributed by atoms with E-state index in [-0.39, 0.29) is 18.5 Å². The van der Waals surface area contributed by atoms with Crippen molar-refractivity contribution in [1.29, 1.82) is 0 Å². The van der Waals surface area contributed by atoms with Gasteiger partial charge in [-0.05, 0) is 19.4 Å². The minimum Gasteiger partial charge on any atom is -0.464 e. The molecular formula is C11H19NO3. The Bertz CT molecular complexity index is 226. The van der Waals surface area contributed by atoms with Crippen molar-refractivity contribution in [2.45, 2.75) is 26.7 Å². The van der Waals surface area contributed by atoms with Gasteiger partial charge in [0, 0.05) is 13.0 Å². The quantitative estimate of drug-likeness (QED) is 0.474. The van der Waals surface area contributed by atoms with E-state index < -0.39 is 0 Å². The number of hydrogen-bond acceptors (Lipinski definition) is 3. The summed E-state index contributed by atoms with van der Waals surface area (Å²) in [5, 5.41) is 0. The molecule has 0 aliphatic heterocycles. The van der Waals surface area contributed by atoms with Crippen LogP contribution in [-0.4, -0.2) is 36.5 Å². The lowest BCUT2D eigenvalue weighted by Gasteiger charge is -2.18. The molecule has 0 heterocycles. The summed E-state index contributed by atoms with van der Waals surface area (Å²) in [6.45, 7) is 8.47. The molecule has 15 heavy (non-hydrogen) atoms. The second-order valence-electron chi connectivity index (χ2n) is 3.09. The van der Waals surface area contributed by atoms with Crippen molar-refractivity contribution in [1.82, 2.24) is 4.90 Å². The summed E-state index contributed by atoms with van der Waals surface area (Å²) in [4.78, 5) is 23.8. The summed E-state index contributed by atoms with van der Waals surface area (Å²) >= 11 is 0. The molecule has 0 aromatic carbocycles. The highest BCUT2D eigenvalue weighted by Crippen LogP contribution is 1.94. The van der Waals surface area contributed by atoms with E-state index in [4.69, 9.17) is 4.74 Å². The summed E-state index contributed by atoms with van der Waals surface area (Å²) in [6.07, 6.45) is 2.47. The molecule has 1 amide bonds. The van der Waals surface area contributed by atoms with E-state index in [1.165, 1.54) is 6.08 Å². The van der Waals surface area contributed by atoms with Crippen LogP contribution < -0.4 is 0 Å². The van der Waals surface area contributed by atoms with E-state index in [1.807, 2.05) is 13.8 Å². The maximum absolute atomic E-state index is 11.2. The molecule has 4 nitrogen and oxygen atoms in total. The first-order chi connectivity index (χ1) is 7.15. The lowest BCUT2D eigenvalue weighted by atomic mass is 10.3. The third kappa shape index (κ3) is 5.88. The minimum atomic E-state index is -0.209. The van der Waals surface area contributed by atoms with Crippen LogP contribution in [0.3, 0.4) is 0 Å². The second-order valence-corrected chi connectivity index (χ2v) is 3.09. The van der Waals surface area contributed by atoms with Crippen molar-refractivity contribution >= 4 is 11.9 Å². The zero-order valence-electron chi connectivity index (χ0n) is 9.49. The van der Waals surface area contributed by atoms with Crippen molar-refractivity contribution in [3.63, 3.8) is 0 Å². The number of ether oxygens (including phenoxy) is 1. The molecule has 0 unspecified atom stereocenters. The fraction of sp³-hybridized carbons (Fsp3) is 0.636. The SMILES string of the molecule is C=CC(=O)N(CC)CCOC(=O)CCC. The molecule has 0 spiro atoms. The van der Waals surface area contributed by atoms with Gasteiger partial charge in [-0.3, -0.25) is 9.59 Å². The molecule has 0 aliphatic carbocycles. The Hall–Kier alpha value is -1.32. The van der Waals surface area contributed by atoms with Gasteiger partial charge in [0.05, 0.1) is 6.54 Å². The Kier molecular flexibility index (Phi) is 7.32. The Morgan fingerprint density at radius 3 is 2.53 bits per heavy atom. The molecule has 0 saturated heterocycles. The number of carbonyl (C=O) groups excluding carboxylic acids is 2. The first-order valence-corrected chi connectivity index (χ1v) is 5.22. The maximum Gasteiger partial charge on any atom is 0.305 e. The van der Waals surface area contributed by atoms with Gasteiger partial charge in [-0.15, -0.1) is 0 Å². The van der Waals surface area contributed by atoms with Gasteiger partial charge in [0.2, 0.25) is 5.91 Å². The fourth-order valence-corrected chi connectivity index (χ4v) is 1.10. The van der Waals surface area contributed by atoms with Gasteiger partial charge < -0.3 is 9.64 Å². The van der Waals surface area contributed by atoms with E-state index in [0.717, 1.165) is 6.42 Å². The van der Waals surface area contributed by atoms with Crippen molar-refractivity contribution < 1.29 is 14.3 Å². The standard InChI is InChI=1S/C11H19NO3/c1-4-7-11(14)15-9-8-12(6-3)10(13)5-2/h5H,2,4,6-9H2,1,3H3. The van der Waals surface area contributed by atoms with Crippen LogP contribution in [0.25, 0.3) is 0 Å². The van der Waals surface area contributed by atoms with E-state index in [9.17, 15) is 9.59 Å². The summed E-state index contributed by atoms with van der Waals surface area (Å²) in [7, 11) is 0. The number of rotatable bonds is 7. The van der Waals surface area contributed by atoms with Gasteiger partial charge in [-0.1, -0.05) is 13.5 Å². The first kappa shape index (κ1) is 13.7. The minimum absolute atomic E-state index is 0.135. The molecule has 0 bridgehead atoms. The van der Waals surface area contributed by atoms with Crippen molar-refractivity contribution in [2.24, 2.45) is 0 Å². The predicted octanol–water partition coefficient (Wildman–Crippen LogP) is 1.36. The molecule has 0 saturated carbocycles. The molecule has 0 aliphatic rings. The Morgan fingerprint density at radius 2 is 2.07 bits per heavy atom.